The zero-order chi connectivity index (χ0) is 15.9. The summed E-state index contributed by atoms with van der Waals surface area (Å²) in [5.74, 6) is -0.702. The van der Waals surface area contributed by atoms with E-state index in [1.165, 1.54) is 14.2 Å². The van der Waals surface area contributed by atoms with Crippen molar-refractivity contribution < 1.29 is 28.5 Å². The van der Waals surface area contributed by atoms with Crippen LogP contribution in [0.2, 0.25) is 0 Å². The van der Waals surface area contributed by atoms with Crippen molar-refractivity contribution >= 4 is 11.9 Å². The van der Waals surface area contributed by atoms with E-state index >= 15 is 0 Å². The lowest BCUT2D eigenvalue weighted by molar-refractivity contribution is -0.153. The van der Waals surface area contributed by atoms with Gasteiger partial charge >= 0.3 is 11.9 Å². The van der Waals surface area contributed by atoms with Gasteiger partial charge in [0.05, 0.1) is 18.8 Å². The van der Waals surface area contributed by atoms with Gasteiger partial charge in [0.1, 0.15) is 0 Å². The van der Waals surface area contributed by atoms with Crippen molar-refractivity contribution in [2.45, 2.75) is 37.8 Å². The Labute approximate surface area is 129 Å². The number of rotatable bonds is 6. The predicted octanol–water partition coefficient (Wildman–Crippen LogP) is 1.93. The van der Waals surface area contributed by atoms with Crippen LogP contribution >= 0.6 is 0 Å². The average molecular weight is 308 g/mol. The Balaban J connectivity index is 1.90. The zero-order valence-corrected chi connectivity index (χ0v) is 12.7. The number of carbonyl (C=O) groups is 2. The molecular weight excluding hydrogens is 288 g/mol. The summed E-state index contributed by atoms with van der Waals surface area (Å²) < 4.78 is 20.9. The average Bonchev–Trinajstić information content (AvgIpc) is 2.95. The van der Waals surface area contributed by atoms with Gasteiger partial charge in [0.2, 0.25) is 0 Å². The molecule has 0 N–H and O–H groups in total. The van der Waals surface area contributed by atoms with Gasteiger partial charge in [-0.1, -0.05) is 18.2 Å². The fourth-order valence-corrected chi connectivity index (χ4v) is 2.36. The second kappa shape index (κ2) is 7.91. The van der Waals surface area contributed by atoms with Gasteiger partial charge in [-0.2, -0.15) is 0 Å². The summed E-state index contributed by atoms with van der Waals surface area (Å²) in [5, 5.41) is 0. The van der Waals surface area contributed by atoms with Crippen LogP contribution in [0, 0.1) is 0 Å². The van der Waals surface area contributed by atoms with Crippen LogP contribution in [0.1, 0.15) is 29.6 Å². The maximum absolute atomic E-state index is 12.1. The molecule has 1 heterocycles. The maximum Gasteiger partial charge on any atom is 0.338 e. The molecule has 0 amide bonds. The minimum Gasteiger partial charge on any atom is -0.469 e. The lowest BCUT2D eigenvalue weighted by Crippen LogP contribution is -2.28. The highest BCUT2D eigenvalue weighted by atomic mass is 16.7. The van der Waals surface area contributed by atoms with Gasteiger partial charge in [-0.15, -0.1) is 0 Å². The van der Waals surface area contributed by atoms with E-state index in [0.29, 0.717) is 18.4 Å². The van der Waals surface area contributed by atoms with Crippen molar-refractivity contribution in [1.29, 1.82) is 0 Å². The second-order valence-electron chi connectivity index (χ2n) is 5.02. The van der Waals surface area contributed by atoms with Crippen molar-refractivity contribution in [2.75, 3.05) is 14.2 Å². The Morgan fingerprint density at radius 3 is 2.59 bits per heavy atom. The van der Waals surface area contributed by atoms with Gasteiger partial charge in [-0.3, -0.25) is 4.79 Å². The SMILES string of the molecule is COC(=O)CC[C@H]1C[C@@H](OC(=O)c2ccccc2)[C@H](OC)O1. The molecule has 1 saturated heterocycles. The van der Waals surface area contributed by atoms with E-state index in [1.807, 2.05) is 6.07 Å². The van der Waals surface area contributed by atoms with E-state index in [9.17, 15) is 9.59 Å². The van der Waals surface area contributed by atoms with Gasteiger partial charge in [0.15, 0.2) is 12.4 Å². The summed E-state index contributed by atoms with van der Waals surface area (Å²) in [4.78, 5) is 23.2. The van der Waals surface area contributed by atoms with E-state index in [4.69, 9.17) is 14.2 Å². The van der Waals surface area contributed by atoms with Crippen molar-refractivity contribution in [3.05, 3.63) is 35.9 Å². The maximum atomic E-state index is 12.1. The number of methoxy groups -OCH3 is 2. The van der Waals surface area contributed by atoms with E-state index < -0.39 is 18.4 Å². The highest BCUT2D eigenvalue weighted by Crippen LogP contribution is 2.27. The third-order valence-corrected chi connectivity index (χ3v) is 3.52. The standard InChI is InChI=1S/C16H20O6/c1-19-14(17)9-8-12-10-13(16(20-2)21-12)22-15(18)11-6-4-3-5-7-11/h3-7,12-13,16H,8-10H2,1-2H3/t12-,13+,16+/m0/s1. The van der Waals surface area contributed by atoms with Crippen LogP contribution in [0.15, 0.2) is 30.3 Å². The monoisotopic (exact) mass is 308 g/mol. The number of carbonyl (C=O) groups excluding carboxylic acids is 2. The van der Waals surface area contributed by atoms with Crippen LogP contribution in [0.25, 0.3) is 0 Å². The van der Waals surface area contributed by atoms with Crippen LogP contribution in [-0.2, 0) is 23.7 Å². The number of esters is 2. The van der Waals surface area contributed by atoms with Gasteiger partial charge in [-0.05, 0) is 18.6 Å². The molecule has 6 nitrogen and oxygen atoms in total. The molecule has 0 spiro atoms. The van der Waals surface area contributed by atoms with Gasteiger partial charge in [0.25, 0.3) is 0 Å². The molecule has 22 heavy (non-hydrogen) atoms. The molecule has 0 radical (unpaired) electrons. The summed E-state index contributed by atoms with van der Waals surface area (Å²) in [5.41, 5.74) is 0.482. The summed E-state index contributed by atoms with van der Waals surface area (Å²) in [6.45, 7) is 0. The Hall–Kier alpha value is -1.92. The topological polar surface area (TPSA) is 71.1 Å². The first-order valence-corrected chi connectivity index (χ1v) is 7.15. The Kier molecular flexibility index (Phi) is 5.91. The highest BCUT2D eigenvalue weighted by Gasteiger charge is 2.38. The van der Waals surface area contributed by atoms with Crippen molar-refractivity contribution in [3.63, 3.8) is 0 Å². The van der Waals surface area contributed by atoms with Gasteiger partial charge in [0, 0.05) is 20.0 Å². The summed E-state index contributed by atoms with van der Waals surface area (Å²) in [7, 11) is 2.84. The minimum absolute atomic E-state index is 0.197. The second-order valence-corrected chi connectivity index (χ2v) is 5.02. The van der Waals surface area contributed by atoms with E-state index in [2.05, 4.69) is 4.74 Å². The Morgan fingerprint density at radius 2 is 1.95 bits per heavy atom. The third kappa shape index (κ3) is 4.29. The first-order chi connectivity index (χ1) is 10.6. The number of hydrogen-bond acceptors (Lipinski definition) is 6. The Morgan fingerprint density at radius 1 is 1.23 bits per heavy atom. The fraction of sp³-hybridized carbons (Fsp3) is 0.500. The normalized spacial score (nSPS) is 24.0. The van der Waals surface area contributed by atoms with E-state index in [-0.39, 0.29) is 18.5 Å². The van der Waals surface area contributed by atoms with Gasteiger partial charge in [-0.25, -0.2) is 4.79 Å². The first kappa shape index (κ1) is 16.5. The fourth-order valence-electron chi connectivity index (χ4n) is 2.36. The molecule has 0 saturated carbocycles. The summed E-state index contributed by atoms with van der Waals surface area (Å²) in [6, 6.07) is 8.75. The molecule has 1 aliphatic heterocycles. The van der Waals surface area contributed by atoms with Gasteiger partial charge < -0.3 is 18.9 Å². The first-order valence-electron chi connectivity index (χ1n) is 7.15. The quantitative estimate of drug-likeness (QED) is 0.748. The largest absolute Gasteiger partial charge is 0.469 e. The van der Waals surface area contributed by atoms with E-state index in [1.54, 1.807) is 24.3 Å². The molecule has 0 aliphatic carbocycles. The lowest BCUT2D eigenvalue weighted by Gasteiger charge is -2.17. The lowest BCUT2D eigenvalue weighted by atomic mass is 10.1. The zero-order valence-electron chi connectivity index (χ0n) is 12.7. The van der Waals surface area contributed by atoms with Crippen LogP contribution in [-0.4, -0.2) is 44.7 Å². The van der Waals surface area contributed by atoms with Crippen LogP contribution in [0.4, 0.5) is 0 Å². The van der Waals surface area contributed by atoms with Crippen molar-refractivity contribution in [3.8, 4) is 0 Å². The molecule has 3 atom stereocenters. The van der Waals surface area contributed by atoms with Crippen LogP contribution in [0.5, 0.6) is 0 Å². The number of benzene rings is 1. The molecule has 120 valence electrons. The molecule has 0 aromatic heterocycles. The van der Waals surface area contributed by atoms with Crippen LogP contribution in [0.3, 0.4) is 0 Å². The third-order valence-electron chi connectivity index (χ3n) is 3.52. The molecule has 1 aromatic rings. The molecule has 0 bridgehead atoms. The minimum atomic E-state index is -0.615. The highest BCUT2D eigenvalue weighted by molar-refractivity contribution is 5.89. The van der Waals surface area contributed by atoms with Crippen molar-refractivity contribution in [2.24, 2.45) is 0 Å². The molecule has 2 rings (SSSR count). The summed E-state index contributed by atoms with van der Waals surface area (Å²) >= 11 is 0. The summed E-state index contributed by atoms with van der Waals surface area (Å²) in [6.07, 6.45) is -0.0370. The molecule has 1 aliphatic rings. The molecular formula is C16H20O6. The van der Waals surface area contributed by atoms with Crippen molar-refractivity contribution in [1.82, 2.24) is 0 Å². The molecule has 0 unspecified atom stereocenters. The predicted molar refractivity (Wildman–Crippen MR) is 77.2 cm³/mol. The number of hydrogen-bond donors (Lipinski definition) is 0. The Bertz CT molecular complexity index is 501. The molecule has 1 aromatic carbocycles. The molecule has 1 fully saturated rings. The van der Waals surface area contributed by atoms with E-state index in [0.717, 1.165) is 0 Å². The number of ether oxygens (including phenoxy) is 4. The van der Waals surface area contributed by atoms with Crippen LogP contribution < -0.4 is 0 Å². The smallest absolute Gasteiger partial charge is 0.338 e. The molecule has 6 heteroatoms.